The molecular weight excluding hydrogens is 440 g/mol. The number of ether oxygens (including phenoxy) is 1. The number of aryl methyl sites for hydroxylation is 1. The van der Waals surface area contributed by atoms with E-state index < -0.39 is 6.10 Å². The van der Waals surface area contributed by atoms with E-state index in [1.807, 2.05) is 31.2 Å². The van der Waals surface area contributed by atoms with E-state index in [2.05, 4.69) is 33.2 Å². The Balaban J connectivity index is 1.94. The zero-order chi connectivity index (χ0) is 20.0. The van der Waals surface area contributed by atoms with Crippen LogP contribution in [0.1, 0.15) is 31.4 Å². The third-order valence-corrected chi connectivity index (χ3v) is 6.25. The van der Waals surface area contributed by atoms with Crippen molar-refractivity contribution in [3.63, 3.8) is 0 Å². The van der Waals surface area contributed by atoms with Crippen LogP contribution in [-0.4, -0.2) is 36.2 Å². The molecule has 1 atom stereocenters. The maximum Gasteiger partial charge on any atom is 0.211 e. The maximum atomic E-state index is 10.5. The van der Waals surface area contributed by atoms with Gasteiger partial charge in [0.2, 0.25) is 5.95 Å². The minimum absolute atomic E-state index is 0.537. The lowest BCUT2D eigenvalue weighted by molar-refractivity contribution is 0.175. The smallest absolute Gasteiger partial charge is 0.211 e. The Labute approximate surface area is 178 Å². The van der Waals surface area contributed by atoms with Gasteiger partial charge in [-0.25, -0.2) is 4.98 Å². The minimum atomic E-state index is -0.537. The van der Waals surface area contributed by atoms with Gasteiger partial charge < -0.3 is 19.3 Å². The molecule has 1 aliphatic heterocycles. The lowest BCUT2D eigenvalue weighted by atomic mass is 9.93. The Bertz CT molecular complexity index is 1030. The summed E-state index contributed by atoms with van der Waals surface area (Å²) in [4.78, 5) is 7.13. The molecule has 5 nitrogen and oxygen atoms in total. The third-order valence-electron chi connectivity index (χ3n) is 5.34. The van der Waals surface area contributed by atoms with Crippen molar-refractivity contribution < 1.29 is 9.84 Å². The number of aromatic nitrogens is 2. The molecule has 0 spiro atoms. The number of imidazole rings is 1. The molecular formula is C20H22BBrClN3O2. The summed E-state index contributed by atoms with van der Waals surface area (Å²) in [6.45, 7) is 3.68. The molecule has 0 aliphatic carbocycles. The molecule has 0 bridgehead atoms. The standard InChI is InChI=1S/C20H22BBrClN3O2/c1-3-16(27)12-5-6-15(23)17-18(12)25-7-4-8-26(20(25)24-17)19-13(21)9-11(28-2)10-14(19)22/h5-6,9-10,16,27H,3-4,7-8,21H2,1-2H3. The maximum absolute atomic E-state index is 10.5. The fourth-order valence-electron chi connectivity index (χ4n) is 3.99. The first kappa shape index (κ1) is 19.6. The summed E-state index contributed by atoms with van der Waals surface area (Å²) in [6, 6.07) is 7.75. The molecule has 0 amide bonds. The number of nitrogens with zero attached hydrogens (tertiary/aromatic N) is 3. The normalized spacial score (nSPS) is 15.0. The van der Waals surface area contributed by atoms with Crippen LogP contribution in [0.5, 0.6) is 5.75 Å². The molecule has 1 aromatic heterocycles. The highest BCUT2D eigenvalue weighted by Crippen LogP contribution is 2.40. The van der Waals surface area contributed by atoms with Gasteiger partial charge in [0.05, 0.1) is 29.4 Å². The first-order valence-corrected chi connectivity index (χ1v) is 10.6. The molecule has 1 unspecified atom stereocenters. The van der Waals surface area contributed by atoms with Gasteiger partial charge in [-0.05, 0) is 47.0 Å². The SMILES string of the molecule is Bc1cc(OC)cc(Br)c1N1CCCn2c1nc1c(Cl)ccc(C(O)CC)c12. The molecule has 2 heterocycles. The van der Waals surface area contributed by atoms with Crippen LogP contribution >= 0.6 is 27.5 Å². The second kappa shape index (κ2) is 7.62. The molecule has 0 fully saturated rings. The summed E-state index contributed by atoms with van der Waals surface area (Å²) in [5.74, 6) is 1.67. The van der Waals surface area contributed by atoms with Crippen LogP contribution in [0.3, 0.4) is 0 Å². The van der Waals surface area contributed by atoms with E-state index >= 15 is 0 Å². The Morgan fingerprint density at radius 1 is 1.36 bits per heavy atom. The number of aliphatic hydroxyl groups excluding tert-OH is 1. The zero-order valence-corrected chi connectivity index (χ0v) is 18.5. The second-order valence-corrected chi connectivity index (χ2v) is 8.36. The summed E-state index contributed by atoms with van der Waals surface area (Å²) < 4.78 is 8.54. The van der Waals surface area contributed by atoms with Gasteiger partial charge in [-0.15, -0.1) is 0 Å². The topological polar surface area (TPSA) is 50.5 Å². The number of hydrogen-bond donors (Lipinski definition) is 1. The average Bonchev–Trinajstić information content (AvgIpc) is 3.08. The van der Waals surface area contributed by atoms with E-state index in [4.69, 9.17) is 21.3 Å². The summed E-state index contributed by atoms with van der Waals surface area (Å²) in [6.07, 6.45) is 1.08. The van der Waals surface area contributed by atoms with Crippen molar-refractivity contribution in [1.29, 1.82) is 0 Å². The van der Waals surface area contributed by atoms with Gasteiger partial charge in [-0.2, -0.15) is 0 Å². The highest BCUT2D eigenvalue weighted by atomic mass is 79.9. The molecule has 2 aromatic carbocycles. The molecule has 28 heavy (non-hydrogen) atoms. The van der Waals surface area contributed by atoms with Crippen molar-refractivity contribution in [3.8, 4) is 5.75 Å². The van der Waals surface area contributed by atoms with E-state index in [0.717, 1.165) is 63.4 Å². The fraction of sp³-hybridized carbons (Fsp3) is 0.350. The van der Waals surface area contributed by atoms with Gasteiger partial charge in [0.15, 0.2) is 0 Å². The van der Waals surface area contributed by atoms with E-state index in [9.17, 15) is 5.11 Å². The van der Waals surface area contributed by atoms with Gasteiger partial charge in [0, 0.05) is 23.1 Å². The molecule has 1 aliphatic rings. The average molecular weight is 463 g/mol. The predicted octanol–water partition coefficient (Wildman–Crippen LogP) is 3.70. The number of hydrogen-bond acceptors (Lipinski definition) is 4. The lowest BCUT2D eigenvalue weighted by Gasteiger charge is -2.32. The van der Waals surface area contributed by atoms with E-state index in [1.165, 1.54) is 0 Å². The van der Waals surface area contributed by atoms with Crippen LogP contribution in [0.4, 0.5) is 11.6 Å². The molecule has 4 rings (SSSR count). The van der Waals surface area contributed by atoms with E-state index in [0.29, 0.717) is 11.4 Å². The van der Waals surface area contributed by atoms with Crippen molar-refractivity contribution >= 4 is 63.5 Å². The van der Waals surface area contributed by atoms with Crippen LogP contribution in [0.2, 0.25) is 5.02 Å². The highest BCUT2D eigenvalue weighted by molar-refractivity contribution is 9.10. The molecule has 1 N–H and O–H groups in total. The number of methoxy groups -OCH3 is 1. The van der Waals surface area contributed by atoms with Gasteiger partial charge in [-0.1, -0.05) is 30.1 Å². The quantitative estimate of drug-likeness (QED) is 0.601. The number of fused-ring (bicyclic) bond motifs is 3. The zero-order valence-electron chi connectivity index (χ0n) is 16.2. The Morgan fingerprint density at radius 2 is 2.14 bits per heavy atom. The summed E-state index contributed by atoms with van der Waals surface area (Å²) in [5.41, 5.74) is 4.74. The van der Waals surface area contributed by atoms with Crippen molar-refractivity contribution in [2.75, 3.05) is 18.6 Å². The largest absolute Gasteiger partial charge is 0.497 e. The van der Waals surface area contributed by atoms with Gasteiger partial charge in [-0.3, -0.25) is 0 Å². The highest BCUT2D eigenvalue weighted by Gasteiger charge is 2.28. The number of aliphatic hydroxyl groups is 1. The Hall–Kier alpha value is -1.70. The molecule has 146 valence electrons. The number of halogens is 2. The van der Waals surface area contributed by atoms with E-state index in [-0.39, 0.29) is 0 Å². The van der Waals surface area contributed by atoms with Crippen molar-refractivity contribution in [2.45, 2.75) is 32.4 Å². The summed E-state index contributed by atoms with van der Waals surface area (Å²) in [7, 11) is 3.74. The Kier molecular flexibility index (Phi) is 5.33. The molecule has 0 saturated heterocycles. The van der Waals surface area contributed by atoms with Crippen LogP contribution < -0.4 is 15.1 Å². The van der Waals surface area contributed by atoms with Crippen molar-refractivity contribution in [1.82, 2.24) is 9.55 Å². The van der Waals surface area contributed by atoms with Crippen molar-refractivity contribution in [3.05, 3.63) is 39.3 Å². The number of anilines is 2. The van der Waals surface area contributed by atoms with E-state index in [1.54, 1.807) is 7.11 Å². The fourth-order valence-corrected chi connectivity index (χ4v) is 4.94. The predicted molar refractivity (Wildman–Crippen MR) is 120 cm³/mol. The monoisotopic (exact) mass is 461 g/mol. The number of benzene rings is 2. The van der Waals surface area contributed by atoms with Crippen LogP contribution in [0, 0.1) is 0 Å². The van der Waals surface area contributed by atoms with Crippen LogP contribution in [0.15, 0.2) is 28.7 Å². The minimum Gasteiger partial charge on any atom is -0.497 e. The molecule has 0 radical (unpaired) electrons. The lowest BCUT2D eigenvalue weighted by Crippen LogP contribution is -2.32. The van der Waals surface area contributed by atoms with Crippen LogP contribution in [0.25, 0.3) is 11.0 Å². The molecule has 8 heteroatoms. The first-order valence-electron chi connectivity index (χ1n) is 9.44. The molecule has 0 saturated carbocycles. The Morgan fingerprint density at radius 3 is 2.82 bits per heavy atom. The van der Waals surface area contributed by atoms with Gasteiger partial charge >= 0.3 is 0 Å². The summed E-state index contributed by atoms with van der Waals surface area (Å²) in [5, 5.41) is 11.2. The van der Waals surface area contributed by atoms with Gasteiger partial charge in [0.25, 0.3) is 0 Å². The third kappa shape index (κ3) is 3.10. The van der Waals surface area contributed by atoms with Crippen LogP contribution in [-0.2, 0) is 6.54 Å². The van der Waals surface area contributed by atoms with Crippen molar-refractivity contribution in [2.24, 2.45) is 0 Å². The molecule has 3 aromatic rings. The second-order valence-electron chi connectivity index (χ2n) is 7.10. The number of rotatable bonds is 4. The summed E-state index contributed by atoms with van der Waals surface area (Å²) >= 11 is 10.2. The first-order chi connectivity index (χ1) is 13.5. The van der Waals surface area contributed by atoms with Gasteiger partial charge in [0.1, 0.15) is 19.1 Å².